The Balaban J connectivity index is 2.55. The summed E-state index contributed by atoms with van der Waals surface area (Å²) in [6.07, 6.45) is 3.80. The highest BCUT2D eigenvalue weighted by Gasteiger charge is 2.14. The van der Waals surface area contributed by atoms with Gasteiger partial charge in [-0.1, -0.05) is 30.3 Å². The van der Waals surface area contributed by atoms with Crippen molar-refractivity contribution in [2.24, 2.45) is 0 Å². The maximum Gasteiger partial charge on any atom is 0.189 e. The first-order valence-corrected chi connectivity index (χ1v) is 5.80. The summed E-state index contributed by atoms with van der Waals surface area (Å²) >= 11 is 0. The molecule has 0 aliphatic heterocycles. The monoisotopic (exact) mass is 228 g/mol. The van der Waals surface area contributed by atoms with Crippen LogP contribution in [0.5, 0.6) is 0 Å². The molecule has 88 valence electrons. The van der Waals surface area contributed by atoms with Crippen molar-refractivity contribution in [3.05, 3.63) is 46.4 Å². The molecule has 0 spiro atoms. The second-order valence-electron chi connectivity index (χ2n) is 4.43. The molecule has 0 radical (unpaired) electrons. The van der Waals surface area contributed by atoms with Crippen LogP contribution in [-0.2, 0) is 4.79 Å². The molecule has 1 aliphatic carbocycles. The lowest BCUT2D eigenvalue weighted by Gasteiger charge is -2.09. The Hall–Kier alpha value is -1.67. The van der Waals surface area contributed by atoms with Crippen LogP contribution in [-0.4, -0.2) is 17.0 Å². The minimum atomic E-state index is -0.416. The number of aliphatic hydroxyl groups excluding tert-OH is 1. The van der Waals surface area contributed by atoms with Gasteiger partial charge in [-0.2, -0.15) is 0 Å². The lowest BCUT2D eigenvalue weighted by Crippen LogP contribution is -2.32. The van der Waals surface area contributed by atoms with Gasteiger partial charge < -0.3 is 5.11 Å². The number of Topliss-reactive ketones (excluding diaryl/α,β-unsaturated/α-hetero) is 1. The topological polar surface area (TPSA) is 37.3 Å². The summed E-state index contributed by atoms with van der Waals surface area (Å²) in [5.41, 5.74) is 1.46. The Morgan fingerprint density at radius 2 is 2.06 bits per heavy atom. The molecule has 1 unspecified atom stereocenters. The molecule has 0 saturated heterocycles. The van der Waals surface area contributed by atoms with Crippen molar-refractivity contribution < 1.29 is 9.90 Å². The van der Waals surface area contributed by atoms with Crippen LogP contribution in [0.3, 0.4) is 0 Å². The fraction of sp³-hybridized carbons (Fsp3) is 0.267. The first-order valence-electron chi connectivity index (χ1n) is 5.80. The molecule has 2 heteroatoms. The summed E-state index contributed by atoms with van der Waals surface area (Å²) in [5, 5.41) is 11.3. The normalized spacial score (nSPS) is 18.9. The molecule has 0 amide bonds. The van der Waals surface area contributed by atoms with E-state index in [-0.39, 0.29) is 5.78 Å². The summed E-state index contributed by atoms with van der Waals surface area (Å²) in [6, 6.07) is 7.87. The van der Waals surface area contributed by atoms with E-state index in [2.05, 4.69) is 0 Å². The zero-order chi connectivity index (χ0) is 12.4. The lowest BCUT2D eigenvalue weighted by atomic mass is 9.94. The summed E-state index contributed by atoms with van der Waals surface area (Å²) in [4.78, 5) is 12.1. The smallest absolute Gasteiger partial charge is 0.189 e. The number of benzene rings is 1. The molecule has 1 aromatic carbocycles. The van der Waals surface area contributed by atoms with Gasteiger partial charge in [0.2, 0.25) is 0 Å². The molecule has 0 aromatic heterocycles. The van der Waals surface area contributed by atoms with Crippen molar-refractivity contribution in [1.29, 1.82) is 0 Å². The van der Waals surface area contributed by atoms with Gasteiger partial charge in [-0.15, -0.1) is 0 Å². The van der Waals surface area contributed by atoms with Gasteiger partial charge in [0, 0.05) is 11.1 Å². The molecule has 1 aromatic rings. The Bertz CT molecular complexity index is 592. The quantitative estimate of drug-likeness (QED) is 0.764. The number of aliphatic hydroxyl groups is 1. The van der Waals surface area contributed by atoms with Gasteiger partial charge in [-0.3, -0.25) is 4.79 Å². The number of allylic oxidation sites excluding steroid dienone is 1. The summed E-state index contributed by atoms with van der Waals surface area (Å²) in [5.74, 6) is 0.0596. The minimum Gasteiger partial charge on any atom is -0.393 e. The van der Waals surface area contributed by atoms with Crippen LogP contribution in [0, 0.1) is 0 Å². The number of hydrogen-bond acceptors (Lipinski definition) is 2. The average molecular weight is 228 g/mol. The third kappa shape index (κ3) is 2.37. The maximum atomic E-state index is 12.1. The van der Waals surface area contributed by atoms with Crippen LogP contribution >= 0.6 is 0 Å². The zero-order valence-corrected chi connectivity index (χ0v) is 10.1. The van der Waals surface area contributed by atoms with Crippen molar-refractivity contribution in [1.82, 2.24) is 0 Å². The van der Waals surface area contributed by atoms with Crippen LogP contribution in [0.15, 0.2) is 35.9 Å². The van der Waals surface area contributed by atoms with E-state index in [0.717, 1.165) is 16.0 Å². The Kier molecular flexibility index (Phi) is 3.25. The predicted octanol–water partition coefficient (Wildman–Crippen LogP) is 0.918. The van der Waals surface area contributed by atoms with Crippen molar-refractivity contribution in [2.45, 2.75) is 26.4 Å². The van der Waals surface area contributed by atoms with Crippen molar-refractivity contribution in [2.75, 3.05) is 0 Å². The fourth-order valence-electron chi connectivity index (χ4n) is 1.99. The Morgan fingerprint density at radius 3 is 2.76 bits per heavy atom. The second kappa shape index (κ2) is 4.68. The van der Waals surface area contributed by atoms with Gasteiger partial charge in [0.25, 0.3) is 0 Å². The van der Waals surface area contributed by atoms with E-state index in [1.54, 1.807) is 6.92 Å². The van der Waals surface area contributed by atoms with Crippen molar-refractivity contribution in [3.8, 4) is 0 Å². The standard InChI is InChI=1S/C15H16O2/c1-10(16)7-8-13-9-12-5-3-4-6-14(12)11(2)15(13)17/h3-6,8-10,16H,7H2,1-2H3. The molecule has 2 nitrogen and oxygen atoms in total. The van der Waals surface area contributed by atoms with Crippen LogP contribution in [0.1, 0.15) is 20.3 Å². The van der Waals surface area contributed by atoms with Gasteiger partial charge in [-0.25, -0.2) is 0 Å². The third-order valence-corrected chi connectivity index (χ3v) is 2.96. The van der Waals surface area contributed by atoms with E-state index >= 15 is 0 Å². The molecule has 0 heterocycles. The second-order valence-corrected chi connectivity index (χ2v) is 4.43. The summed E-state index contributed by atoms with van der Waals surface area (Å²) in [7, 11) is 0. The minimum absolute atomic E-state index is 0.0596. The van der Waals surface area contributed by atoms with E-state index in [4.69, 9.17) is 0 Å². The number of carbonyl (C=O) groups excluding carboxylic acids is 1. The van der Waals surface area contributed by atoms with Crippen LogP contribution < -0.4 is 10.4 Å². The highest BCUT2D eigenvalue weighted by Crippen LogP contribution is 2.11. The number of fused-ring (bicyclic) bond motifs is 1. The Morgan fingerprint density at radius 1 is 1.35 bits per heavy atom. The predicted molar refractivity (Wildman–Crippen MR) is 68.6 cm³/mol. The molecule has 1 atom stereocenters. The molecule has 1 N–H and O–H groups in total. The highest BCUT2D eigenvalue weighted by molar-refractivity contribution is 6.27. The lowest BCUT2D eigenvalue weighted by molar-refractivity contribution is -0.110. The van der Waals surface area contributed by atoms with Crippen molar-refractivity contribution in [3.63, 3.8) is 0 Å². The molecular weight excluding hydrogens is 212 g/mol. The van der Waals surface area contributed by atoms with Gasteiger partial charge in [0.05, 0.1) is 6.10 Å². The van der Waals surface area contributed by atoms with Gasteiger partial charge in [-0.05, 0) is 36.8 Å². The fourth-order valence-corrected chi connectivity index (χ4v) is 1.99. The number of ketones is 1. The molecule has 1 aliphatic rings. The van der Waals surface area contributed by atoms with Crippen LogP contribution in [0.25, 0.3) is 11.6 Å². The van der Waals surface area contributed by atoms with E-state index in [9.17, 15) is 9.90 Å². The molecule has 0 fully saturated rings. The molecule has 0 saturated carbocycles. The van der Waals surface area contributed by atoms with Crippen LogP contribution in [0.4, 0.5) is 0 Å². The zero-order valence-electron chi connectivity index (χ0n) is 10.1. The van der Waals surface area contributed by atoms with E-state index in [0.29, 0.717) is 12.0 Å². The molecule has 0 bridgehead atoms. The van der Waals surface area contributed by atoms with E-state index in [1.165, 1.54) is 0 Å². The molecular formula is C15H16O2. The Labute approximate surface area is 101 Å². The van der Waals surface area contributed by atoms with Crippen LogP contribution in [0.2, 0.25) is 0 Å². The van der Waals surface area contributed by atoms with Gasteiger partial charge in [0.15, 0.2) is 5.78 Å². The first-order chi connectivity index (χ1) is 8.09. The summed E-state index contributed by atoms with van der Waals surface area (Å²) in [6.45, 7) is 3.57. The largest absolute Gasteiger partial charge is 0.393 e. The summed E-state index contributed by atoms with van der Waals surface area (Å²) < 4.78 is 0. The molecule has 17 heavy (non-hydrogen) atoms. The number of carbonyl (C=O) groups is 1. The SMILES string of the molecule is CC1=c2ccccc2=CC(=CCC(C)O)C1=O. The number of hydrogen-bond donors (Lipinski definition) is 1. The molecule has 2 rings (SSSR count). The highest BCUT2D eigenvalue weighted by atomic mass is 16.3. The van der Waals surface area contributed by atoms with Gasteiger partial charge in [0.1, 0.15) is 0 Å². The van der Waals surface area contributed by atoms with E-state index < -0.39 is 6.10 Å². The number of rotatable bonds is 2. The van der Waals surface area contributed by atoms with E-state index in [1.807, 2.05) is 43.3 Å². The first kappa shape index (κ1) is 11.8. The third-order valence-electron chi connectivity index (χ3n) is 2.96. The van der Waals surface area contributed by atoms with Crippen molar-refractivity contribution >= 4 is 17.4 Å². The average Bonchev–Trinajstić information content (AvgIpc) is 2.32. The maximum absolute atomic E-state index is 12.1. The van der Waals surface area contributed by atoms with Gasteiger partial charge >= 0.3 is 0 Å².